The molecule has 0 aromatic heterocycles. The van der Waals surface area contributed by atoms with E-state index in [-0.39, 0.29) is 21.9 Å². The Balaban J connectivity index is 3.08. The topological polar surface area (TPSA) is 12.0 Å². The van der Waals surface area contributed by atoms with E-state index < -0.39 is 0 Å². The second-order valence-electron chi connectivity index (χ2n) is 7.77. The first-order valence-corrected chi connectivity index (χ1v) is 6.38. The van der Waals surface area contributed by atoms with Gasteiger partial charge in [-0.3, -0.25) is 0 Å². The van der Waals surface area contributed by atoms with Gasteiger partial charge in [0.05, 0.1) is 0 Å². The lowest BCUT2D eigenvalue weighted by Crippen LogP contribution is -2.66. The zero-order chi connectivity index (χ0) is 12.8. The summed E-state index contributed by atoms with van der Waals surface area (Å²) in [5.41, 5.74) is 0.748. The molecule has 1 aliphatic heterocycles. The lowest BCUT2D eigenvalue weighted by atomic mass is 9.65. The molecule has 0 spiro atoms. The van der Waals surface area contributed by atoms with E-state index in [1.165, 1.54) is 0 Å². The van der Waals surface area contributed by atoms with E-state index in [2.05, 4.69) is 72.9 Å². The van der Waals surface area contributed by atoms with Crippen molar-refractivity contribution in [3.63, 3.8) is 0 Å². The standard InChI is InChI=1S/C15H29N/c1-12(2,3)14(7)10-9-11-15(8,16-14)13(4,5)6/h9-10,16H,11H2,1-8H3. The largest absolute Gasteiger partial charge is 0.302 e. The van der Waals surface area contributed by atoms with Crippen molar-refractivity contribution >= 4 is 0 Å². The fraction of sp³-hybridized carbons (Fsp3) is 0.867. The van der Waals surface area contributed by atoms with Crippen molar-refractivity contribution in [3.8, 4) is 0 Å². The molecule has 16 heavy (non-hydrogen) atoms. The maximum absolute atomic E-state index is 3.90. The third kappa shape index (κ3) is 2.20. The number of hydrogen-bond acceptors (Lipinski definition) is 1. The molecule has 0 amide bonds. The van der Waals surface area contributed by atoms with Gasteiger partial charge in [0, 0.05) is 11.1 Å². The lowest BCUT2D eigenvalue weighted by Gasteiger charge is -2.54. The van der Waals surface area contributed by atoms with Crippen molar-refractivity contribution in [2.75, 3.05) is 0 Å². The van der Waals surface area contributed by atoms with Crippen molar-refractivity contribution in [1.29, 1.82) is 0 Å². The molecule has 0 saturated carbocycles. The number of nitrogens with one attached hydrogen (secondary N) is 1. The quantitative estimate of drug-likeness (QED) is 0.608. The van der Waals surface area contributed by atoms with Gasteiger partial charge in [0.1, 0.15) is 0 Å². The average molecular weight is 223 g/mol. The second kappa shape index (κ2) is 3.60. The van der Waals surface area contributed by atoms with E-state index in [1.807, 2.05) is 0 Å². The van der Waals surface area contributed by atoms with E-state index in [0.717, 1.165) is 6.42 Å². The van der Waals surface area contributed by atoms with E-state index in [9.17, 15) is 0 Å². The fourth-order valence-electron chi connectivity index (χ4n) is 2.13. The van der Waals surface area contributed by atoms with E-state index >= 15 is 0 Å². The molecule has 1 heterocycles. The van der Waals surface area contributed by atoms with Gasteiger partial charge in [-0.15, -0.1) is 0 Å². The number of hydrogen-bond donors (Lipinski definition) is 1. The summed E-state index contributed by atoms with van der Waals surface area (Å²) >= 11 is 0. The minimum Gasteiger partial charge on any atom is -0.302 e. The molecule has 1 aliphatic rings. The van der Waals surface area contributed by atoms with Crippen LogP contribution >= 0.6 is 0 Å². The molecule has 0 saturated heterocycles. The summed E-state index contributed by atoms with van der Waals surface area (Å²) in [6.45, 7) is 18.5. The Labute approximate surface area is 102 Å². The zero-order valence-corrected chi connectivity index (χ0v) is 12.4. The molecule has 1 heteroatoms. The highest BCUT2D eigenvalue weighted by atomic mass is 15.1. The molecule has 2 unspecified atom stereocenters. The van der Waals surface area contributed by atoms with Gasteiger partial charge in [-0.2, -0.15) is 0 Å². The highest BCUT2D eigenvalue weighted by Crippen LogP contribution is 2.42. The van der Waals surface area contributed by atoms with Gasteiger partial charge in [0.2, 0.25) is 0 Å². The Bertz CT molecular complexity index is 290. The Morgan fingerprint density at radius 3 is 1.81 bits per heavy atom. The maximum atomic E-state index is 3.90. The lowest BCUT2D eigenvalue weighted by molar-refractivity contribution is 0.0684. The van der Waals surface area contributed by atoms with E-state index in [4.69, 9.17) is 0 Å². The summed E-state index contributed by atoms with van der Waals surface area (Å²) in [7, 11) is 0. The molecule has 1 rings (SSSR count). The van der Waals surface area contributed by atoms with Crippen molar-refractivity contribution in [2.45, 2.75) is 72.9 Å². The fourth-order valence-corrected chi connectivity index (χ4v) is 2.13. The number of rotatable bonds is 0. The Hall–Kier alpha value is -0.300. The van der Waals surface area contributed by atoms with Crippen LogP contribution in [0.2, 0.25) is 0 Å². The normalized spacial score (nSPS) is 36.5. The minimum absolute atomic E-state index is 0.0767. The van der Waals surface area contributed by atoms with Gasteiger partial charge < -0.3 is 5.32 Å². The predicted octanol–water partition coefficient (Wildman–Crippen LogP) is 4.15. The molecule has 94 valence electrons. The maximum Gasteiger partial charge on any atom is 0.0389 e. The third-order valence-corrected chi connectivity index (χ3v) is 4.73. The van der Waals surface area contributed by atoms with E-state index in [0.29, 0.717) is 0 Å². The molecule has 1 nitrogen and oxygen atoms in total. The first kappa shape index (κ1) is 13.8. The molecule has 1 N–H and O–H groups in total. The van der Waals surface area contributed by atoms with Crippen molar-refractivity contribution in [2.24, 2.45) is 10.8 Å². The minimum atomic E-state index is 0.0767. The van der Waals surface area contributed by atoms with Gasteiger partial charge in [-0.25, -0.2) is 0 Å². The highest BCUT2D eigenvalue weighted by Gasteiger charge is 2.47. The summed E-state index contributed by atoms with van der Waals surface area (Å²) in [6.07, 6.45) is 5.82. The van der Waals surface area contributed by atoms with Gasteiger partial charge >= 0.3 is 0 Å². The monoisotopic (exact) mass is 223 g/mol. The summed E-state index contributed by atoms with van der Waals surface area (Å²) in [5, 5.41) is 3.90. The van der Waals surface area contributed by atoms with Crippen LogP contribution in [0.15, 0.2) is 12.2 Å². The smallest absolute Gasteiger partial charge is 0.0389 e. The van der Waals surface area contributed by atoms with Crippen molar-refractivity contribution in [3.05, 3.63) is 12.2 Å². The van der Waals surface area contributed by atoms with Gasteiger partial charge in [0.25, 0.3) is 0 Å². The predicted molar refractivity (Wildman–Crippen MR) is 72.6 cm³/mol. The molecule has 0 aromatic carbocycles. The zero-order valence-electron chi connectivity index (χ0n) is 12.4. The summed E-state index contributed by atoms with van der Waals surface area (Å²) in [6, 6.07) is 0. The van der Waals surface area contributed by atoms with Crippen LogP contribution in [0.1, 0.15) is 61.8 Å². The van der Waals surface area contributed by atoms with Crippen LogP contribution in [-0.4, -0.2) is 11.1 Å². The van der Waals surface area contributed by atoms with Crippen molar-refractivity contribution < 1.29 is 0 Å². The van der Waals surface area contributed by atoms with Crippen LogP contribution in [0, 0.1) is 10.8 Å². The molecular formula is C15H29N. The van der Waals surface area contributed by atoms with Crippen molar-refractivity contribution in [1.82, 2.24) is 5.32 Å². The van der Waals surface area contributed by atoms with Crippen LogP contribution in [0.5, 0.6) is 0 Å². The first-order valence-electron chi connectivity index (χ1n) is 6.38. The van der Waals surface area contributed by atoms with Gasteiger partial charge in [-0.1, -0.05) is 53.7 Å². The van der Waals surface area contributed by atoms with Crippen LogP contribution in [-0.2, 0) is 0 Å². The molecule has 0 bridgehead atoms. The van der Waals surface area contributed by atoms with Crippen LogP contribution in [0.3, 0.4) is 0 Å². The average Bonchev–Trinajstić information content (AvgIpc) is 1.99. The second-order valence-corrected chi connectivity index (χ2v) is 7.77. The molecule has 0 aromatic rings. The van der Waals surface area contributed by atoms with Gasteiger partial charge in [-0.05, 0) is 31.1 Å². The summed E-state index contributed by atoms with van der Waals surface area (Å²) in [4.78, 5) is 0. The van der Waals surface area contributed by atoms with Crippen LogP contribution < -0.4 is 5.32 Å². The Kier molecular flexibility index (Phi) is 3.09. The van der Waals surface area contributed by atoms with E-state index in [1.54, 1.807) is 0 Å². The summed E-state index contributed by atoms with van der Waals surface area (Å²) < 4.78 is 0. The van der Waals surface area contributed by atoms with Crippen LogP contribution in [0.4, 0.5) is 0 Å². The Morgan fingerprint density at radius 1 is 0.938 bits per heavy atom. The SMILES string of the molecule is CC(C)(C)C1(C)C=CCC(C)(C(C)(C)C)N1. The molecule has 0 fully saturated rings. The first-order chi connectivity index (χ1) is 6.91. The van der Waals surface area contributed by atoms with Gasteiger partial charge in [0.15, 0.2) is 0 Å². The van der Waals surface area contributed by atoms with Crippen LogP contribution in [0.25, 0.3) is 0 Å². The molecule has 0 radical (unpaired) electrons. The molecule has 2 atom stereocenters. The third-order valence-electron chi connectivity index (χ3n) is 4.73. The Morgan fingerprint density at radius 2 is 1.44 bits per heavy atom. The molecule has 0 aliphatic carbocycles. The molecular weight excluding hydrogens is 194 g/mol. The summed E-state index contributed by atoms with van der Waals surface area (Å²) in [5.74, 6) is 0. The highest BCUT2D eigenvalue weighted by molar-refractivity contribution is 5.20.